The molecule has 0 saturated heterocycles. The van der Waals surface area contributed by atoms with Crippen LogP contribution < -0.4 is 0 Å². The van der Waals surface area contributed by atoms with Crippen molar-refractivity contribution in [2.24, 2.45) is 0 Å². The molecule has 5 atom stereocenters. The molecule has 0 saturated carbocycles. The third-order valence-corrected chi connectivity index (χ3v) is 4.04. The molecule has 1 unspecified atom stereocenters. The van der Waals surface area contributed by atoms with E-state index in [2.05, 4.69) is 8.83 Å². The summed E-state index contributed by atoms with van der Waals surface area (Å²) in [6.07, 6.45) is -8.95. The molecule has 0 aliphatic rings. The van der Waals surface area contributed by atoms with Gasteiger partial charge in [0.15, 0.2) is 6.29 Å². The molecule has 12 nitrogen and oxygen atoms in total. The van der Waals surface area contributed by atoms with E-state index in [1.54, 1.807) is 0 Å². The maximum atomic E-state index is 11.2. The first kappa shape index (κ1) is 19.8. The number of phosphoric ester groups is 1. The van der Waals surface area contributed by atoms with Crippen LogP contribution in [-0.2, 0) is 22.8 Å². The number of aldehydes is 1. The summed E-state index contributed by atoms with van der Waals surface area (Å²) in [4.78, 5) is 36.1. The summed E-state index contributed by atoms with van der Waals surface area (Å²) in [6.45, 7) is -1.05. The van der Waals surface area contributed by atoms with E-state index in [9.17, 15) is 19.0 Å². The number of carbonyl (C=O) groups excluding carboxylic acids is 1. The molecule has 0 aliphatic heterocycles. The van der Waals surface area contributed by atoms with Crippen LogP contribution >= 0.6 is 15.6 Å². The average molecular weight is 340 g/mol. The molecule has 7 N–H and O–H groups in total. The number of rotatable bonds is 9. The first-order chi connectivity index (χ1) is 8.93. The van der Waals surface area contributed by atoms with Crippen molar-refractivity contribution in [1.29, 1.82) is 0 Å². The van der Waals surface area contributed by atoms with Gasteiger partial charge in [0, 0.05) is 0 Å². The zero-order valence-corrected chi connectivity index (χ0v) is 11.4. The van der Waals surface area contributed by atoms with Gasteiger partial charge in [0.05, 0.1) is 6.61 Å². The van der Waals surface area contributed by atoms with Gasteiger partial charge in [0.25, 0.3) is 0 Å². The van der Waals surface area contributed by atoms with E-state index in [0.717, 1.165) is 0 Å². The Morgan fingerprint density at radius 3 is 1.95 bits per heavy atom. The number of phosphoric acid groups is 2. The first-order valence-electron chi connectivity index (χ1n) is 4.82. The lowest BCUT2D eigenvalue weighted by molar-refractivity contribution is -0.134. The molecule has 0 aromatic rings. The quantitative estimate of drug-likeness (QED) is 0.164. The number of aliphatic hydroxyl groups is 4. The fourth-order valence-electron chi connectivity index (χ4n) is 1.04. The maximum Gasteiger partial charge on any atom is 0.481 e. The van der Waals surface area contributed by atoms with Crippen LogP contribution in [0.3, 0.4) is 0 Å². The van der Waals surface area contributed by atoms with Gasteiger partial charge in [-0.3, -0.25) is 4.52 Å². The Morgan fingerprint density at radius 1 is 1.10 bits per heavy atom. The standard InChI is InChI=1S/C6H14O12P2/c7-1-3(9)5(11)6(4(10)2-8)17-20(15,16)18-19(12,13)14/h2-7,9-11H,1H2,(H,15,16)(H2,12,13,14)/t3-,4+,5-,6-/m1/s1. The SMILES string of the molecule is O=C[C@H](O)[C@@H](OP(=O)(O)OP(=O)(O)O)[C@H](O)[C@H](O)CO. The maximum absolute atomic E-state index is 11.2. The Morgan fingerprint density at radius 2 is 1.60 bits per heavy atom. The number of hydrogen-bond acceptors (Lipinski definition) is 9. The molecule has 0 bridgehead atoms. The van der Waals surface area contributed by atoms with Crippen molar-refractivity contribution in [1.82, 2.24) is 0 Å². The van der Waals surface area contributed by atoms with E-state index in [1.807, 2.05) is 0 Å². The van der Waals surface area contributed by atoms with E-state index in [0.29, 0.717) is 0 Å². The molecular weight excluding hydrogens is 326 g/mol. The Kier molecular flexibility index (Phi) is 7.60. The molecule has 0 amide bonds. The van der Waals surface area contributed by atoms with Gasteiger partial charge in [-0.2, -0.15) is 4.31 Å². The van der Waals surface area contributed by atoms with Crippen molar-refractivity contribution in [3.8, 4) is 0 Å². The lowest BCUT2D eigenvalue weighted by Gasteiger charge is -2.28. The van der Waals surface area contributed by atoms with E-state index >= 15 is 0 Å². The summed E-state index contributed by atoms with van der Waals surface area (Å²) in [5, 5.41) is 36.2. The van der Waals surface area contributed by atoms with E-state index in [-0.39, 0.29) is 6.29 Å². The van der Waals surface area contributed by atoms with Gasteiger partial charge in [-0.05, 0) is 0 Å². The van der Waals surface area contributed by atoms with Crippen molar-refractivity contribution in [2.45, 2.75) is 24.4 Å². The molecule has 20 heavy (non-hydrogen) atoms. The van der Waals surface area contributed by atoms with Gasteiger partial charge >= 0.3 is 15.6 Å². The number of carbonyl (C=O) groups is 1. The van der Waals surface area contributed by atoms with Crippen LogP contribution in [0, 0.1) is 0 Å². The molecule has 0 spiro atoms. The minimum atomic E-state index is -5.48. The number of aliphatic hydroxyl groups excluding tert-OH is 4. The predicted molar refractivity (Wildman–Crippen MR) is 59.0 cm³/mol. The molecule has 0 rings (SSSR count). The summed E-state index contributed by atoms with van der Waals surface area (Å²) >= 11 is 0. The first-order valence-corrected chi connectivity index (χ1v) is 7.84. The predicted octanol–water partition coefficient (Wildman–Crippen LogP) is -3.14. The normalized spacial score (nSPS) is 21.6. The highest BCUT2D eigenvalue weighted by molar-refractivity contribution is 7.60. The van der Waals surface area contributed by atoms with Crippen LogP contribution in [0.15, 0.2) is 0 Å². The minimum absolute atomic E-state index is 0.241. The third-order valence-electron chi connectivity index (χ3n) is 1.86. The molecule has 0 radical (unpaired) electrons. The van der Waals surface area contributed by atoms with E-state index in [1.165, 1.54) is 0 Å². The largest absolute Gasteiger partial charge is 0.481 e. The Bertz CT molecular complexity index is 405. The van der Waals surface area contributed by atoms with Crippen molar-refractivity contribution in [3.05, 3.63) is 0 Å². The highest BCUT2D eigenvalue weighted by atomic mass is 31.3. The van der Waals surface area contributed by atoms with Gasteiger partial charge in [0.2, 0.25) is 0 Å². The Balaban J connectivity index is 5.13. The third kappa shape index (κ3) is 6.97. The van der Waals surface area contributed by atoms with Crippen LogP contribution in [-0.4, -0.2) is 72.4 Å². The van der Waals surface area contributed by atoms with E-state index < -0.39 is 46.7 Å². The van der Waals surface area contributed by atoms with Gasteiger partial charge in [-0.15, -0.1) is 0 Å². The van der Waals surface area contributed by atoms with Gasteiger partial charge < -0.3 is 39.9 Å². The summed E-state index contributed by atoms with van der Waals surface area (Å²) in [5.41, 5.74) is 0. The van der Waals surface area contributed by atoms with Crippen LogP contribution in [0.5, 0.6) is 0 Å². The minimum Gasteiger partial charge on any atom is -0.394 e. The summed E-state index contributed by atoms with van der Waals surface area (Å²) < 4.78 is 29.0. The van der Waals surface area contributed by atoms with Crippen LogP contribution in [0.25, 0.3) is 0 Å². The molecular formula is C6H14O12P2. The van der Waals surface area contributed by atoms with Crippen molar-refractivity contribution in [2.75, 3.05) is 6.61 Å². The highest BCUT2D eigenvalue weighted by Crippen LogP contribution is 2.58. The summed E-state index contributed by atoms with van der Waals surface area (Å²) in [5.74, 6) is 0. The molecule has 14 heteroatoms. The second kappa shape index (κ2) is 7.69. The summed E-state index contributed by atoms with van der Waals surface area (Å²) in [7, 11) is -10.9. The molecule has 0 aliphatic carbocycles. The fraction of sp³-hybridized carbons (Fsp3) is 0.833. The lowest BCUT2D eigenvalue weighted by atomic mass is 10.0. The lowest BCUT2D eigenvalue weighted by Crippen LogP contribution is -2.47. The Hall–Kier alpha value is -0.230. The number of hydrogen-bond donors (Lipinski definition) is 7. The van der Waals surface area contributed by atoms with Gasteiger partial charge in [0.1, 0.15) is 24.4 Å². The van der Waals surface area contributed by atoms with Crippen LogP contribution in [0.1, 0.15) is 0 Å². The van der Waals surface area contributed by atoms with Crippen molar-refractivity contribution < 1.29 is 57.9 Å². The van der Waals surface area contributed by atoms with Crippen LogP contribution in [0.4, 0.5) is 0 Å². The van der Waals surface area contributed by atoms with Crippen molar-refractivity contribution in [3.63, 3.8) is 0 Å². The molecule has 0 aromatic heterocycles. The summed E-state index contributed by atoms with van der Waals surface area (Å²) in [6, 6.07) is 0. The molecule has 0 heterocycles. The molecule has 120 valence electrons. The average Bonchev–Trinajstić information content (AvgIpc) is 2.30. The monoisotopic (exact) mass is 340 g/mol. The molecule has 0 fully saturated rings. The zero-order chi connectivity index (χ0) is 16.1. The second-order valence-corrected chi connectivity index (χ2v) is 6.26. The Labute approximate surface area is 112 Å². The van der Waals surface area contributed by atoms with Gasteiger partial charge in [-0.25, -0.2) is 9.13 Å². The highest BCUT2D eigenvalue weighted by Gasteiger charge is 2.41. The molecule has 0 aromatic carbocycles. The van der Waals surface area contributed by atoms with Crippen LogP contribution in [0.2, 0.25) is 0 Å². The fourth-order valence-corrected chi connectivity index (χ4v) is 2.82. The van der Waals surface area contributed by atoms with Gasteiger partial charge in [-0.1, -0.05) is 0 Å². The van der Waals surface area contributed by atoms with Crippen molar-refractivity contribution >= 4 is 21.9 Å². The zero-order valence-electron chi connectivity index (χ0n) is 9.66. The smallest absolute Gasteiger partial charge is 0.394 e. The topological polar surface area (TPSA) is 211 Å². The second-order valence-electron chi connectivity index (χ2n) is 3.48. The van der Waals surface area contributed by atoms with E-state index in [4.69, 9.17) is 30.0 Å².